The molecule has 0 unspecified atom stereocenters. The van der Waals surface area contributed by atoms with Gasteiger partial charge in [-0.05, 0) is 30.5 Å². The second-order valence-electron chi connectivity index (χ2n) is 3.97. The van der Waals surface area contributed by atoms with Crippen molar-refractivity contribution in [1.82, 2.24) is 9.97 Å². The highest BCUT2D eigenvalue weighted by molar-refractivity contribution is 7.09. The number of rotatable bonds is 3. The third kappa shape index (κ3) is 2.07. The van der Waals surface area contributed by atoms with Crippen LogP contribution in [0.3, 0.4) is 0 Å². The number of hydrogen-bond donors (Lipinski definition) is 0. The number of pyridine rings is 1. The molecular formula is C12H12N2S. The fourth-order valence-electron chi connectivity index (χ4n) is 1.65. The minimum absolute atomic E-state index is 0.771. The molecule has 0 saturated heterocycles. The van der Waals surface area contributed by atoms with Crippen LogP contribution in [-0.4, -0.2) is 9.97 Å². The fraction of sp³-hybridized carbons (Fsp3) is 0.333. The van der Waals surface area contributed by atoms with Crippen LogP contribution in [0, 0.1) is 0 Å². The lowest BCUT2D eigenvalue weighted by molar-refractivity contribution is 1.01. The lowest BCUT2D eigenvalue weighted by atomic mass is 10.2. The van der Waals surface area contributed by atoms with Gasteiger partial charge in [-0.25, -0.2) is 4.98 Å². The maximum atomic E-state index is 4.67. The van der Waals surface area contributed by atoms with Gasteiger partial charge >= 0.3 is 0 Å². The van der Waals surface area contributed by atoms with Gasteiger partial charge in [0, 0.05) is 30.1 Å². The second kappa shape index (κ2) is 3.74. The quantitative estimate of drug-likeness (QED) is 0.788. The van der Waals surface area contributed by atoms with Crippen LogP contribution in [-0.2, 0) is 6.42 Å². The van der Waals surface area contributed by atoms with E-state index in [0.29, 0.717) is 0 Å². The normalized spacial score (nSPS) is 15.5. The Labute approximate surface area is 93.0 Å². The van der Waals surface area contributed by atoms with Crippen molar-refractivity contribution in [3.05, 3.63) is 46.2 Å². The molecule has 0 spiro atoms. The minimum atomic E-state index is 0.771. The van der Waals surface area contributed by atoms with Crippen molar-refractivity contribution in [1.29, 1.82) is 0 Å². The van der Waals surface area contributed by atoms with Crippen LogP contribution in [0.1, 0.15) is 35.0 Å². The highest BCUT2D eigenvalue weighted by Gasteiger charge is 2.25. The van der Waals surface area contributed by atoms with E-state index in [2.05, 4.69) is 27.5 Å². The standard InChI is InChI=1S/C12H12N2S/c1-2-10(1)11-8-15-12(14-11)7-9-3-5-13-6-4-9/h3-6,8,10H,1-2,7H2. The van der Waals surface area contributed by atoms with Crippen molar-refractivity contribution in [2.75, 3.05) is 0 Å². The summed E-state index contributed by atoms with van der Waals surface area (Å²) in [6, 6.07) is 4.11. The smallest absolute Gasteiger partial charge is 0.0972 e. The minimum Gasteiger partial charge on any atom is -0.265 e. The predicted octanol–water partition coefficient (Wildman–Crippen LogP) is 3.01. The molecule has 0 bridgehead atoms. The summed E-state index contributed by atoms with van der Waals surface area (Å²) >= 11 is 1.78. The van der Waals surface area contributed by atoms with Crippen LogP contribution in [0.4, 0.5) is 0 Å². The third-order valence-corrected chi connectivity index (χ3v) is 3.54. The van der Waals surface area contributed by atoms with Crippen molar-refractivity contribution in [3.63, 3.8) is 0 Å². The van der Waals surface area contributed by atoms with Gasteiger partial charge in [0.25, 0.3) is 0 Å². The lowest BCUT2D eigenvalue weighted by Crippen LogP contribution is -1.88. The van der Waals surface area contributed by atoms with Gasteiger partial charge in [0.1, 0.15) is 0 Å². The number of hydrogen-bond acceptors (Lipinski definition) is 3. The van der Waals surface area contributed by atoms with Crippen molar-refractivity contribution in [3.8, 4) is 0 Å². The first-order valence-corrected chi connectivity index (χ1v) is 6.13. The molecule has 2 nitrogen and oxygen atoms in total. The van der Waals surface area contributed by atoms with Crippen LogP contribution in [0.15, 0.2) is 29.9 Å². The van der Waals surface area contributed by atoms with E-state index in [9.17, 15) is 0 Å². The molecule has 1 saturated carbocycles. The van der Waals surface area contributed by atoms with Crippen molar-refractivity contribution in [2.24, 2.45) is 0 Å². The molecule has 0 radical (unpaired) electrons. The van der Waals surface area contributed by atoms with E-state index in [1.807, 2.05) is 12.4 Å². The molecule has 0 N–H and O–H groups in total. The average Bonchev–Trinajstić information content (AvgIpc) is 3.02. The molecule has 2 aromatic rings. The Kier molecular flexibility index (Phi) is 2.25. The van der Waals surface area contributed by atoms with E-state index in [1.165, 1.54) is 29.1 Å². The molecule has 0 aromatic carbocycles. The molecule has 0 aliphatic heterocycles. The maximum absolute atomic E-state index is 4.67. The zero-order valence-electron chi connectivity index (χ0n) is 8.39. The van der Waals surface area contributed by atoms with Crippen LogP contribution < -0.4 is 0 Å². The van der Waals surface area contributed by atoms with Crippen LogP contribution >= 0.6 is 11.3 Å². The first kappa shape index (κ1) is 9.04. The zero-order chi connectivity index (χ0) is 10.1. The molecule has 0 atom stereocenters. The Morgan fingerprint density at radius 2 is 2.07 bits per heavy atom. The number of nitrogens with zero attached hydrogens (tertiary/aromatic N) is 2. The summed E-state index contributed by atoms with van der Waals surface area (Å²) in [5.41, 5.74) is 2.60. The molecule has 2 heterocycles. The summed E-state index contributed by atoms with van der Waals surface area (Å²) in [6.45, 7) is 0. The zero-order valence-corrected chi connectivity index (χ0v) is 9.20. The van der Waals surface area contributed by atoms with Gasteiger partial charge in [0.15, 0.2) is 0 Å². The monoisotopic (exact) mass is 216 g/mol. The topological polar surface area (TPSA) is 25.8 Å². The Hall–Kier alpha value is -1.22. The number of thiazole rings is 1. The van der Waals surface area contributed by atoms with E-state index in [0.717, 1.165) is 12.3 Å². The molecule has 3 rings (SSSR count). The molecule has 0 amide bonds. The van der Waals surface area contributed by atoms with Crippen LogP contribution in [0.5, 0.6) is 0 Å². The van der Waals surface area contributed by atoms with E-state index in [1.54, 1.807) is 11.3 Å². The first-order valence-electron chi connectivity index (χ1n) is 5.25. The van der Waals surface area contributed by atoms with Gasteiger partial charge in [0.2, 0.25) is 0 Å². The molecular weight excluding hydrogens is 204 g/mol. The van der Waals surface area contributed by atoms with Gasteiger partial charge < -0.3 is 0 Å². The molecule has 1 fully saturated rings. The van der Waals surface area contributed by atoms with Crippen LogP contribution in [0.2, 0.25) is 0 Å². The van der Waals surface area contributed by atoms with Gasteiger partial charge in [-0.15, -0.1) is 11.3 Å². The lowest BCUT2D eigenvalue weighted by Gasteiger charge is -1.95. The van der Waals surface area contributed by atoms with Gasteiger partial charge in [0.05, 0.1) is 10.7 Å². The van der Waals surface area contributed by atoms with Crippen LogP contribution in [0.25, 0.3) is 0 Å². The second-order valence-corrected chi connectivity index (χ2v) is 4.92. The summed E-state index contributed by atoms with van der Waals surface area (Å²) in [4.78, 5) is 8.68. The van der Waals surface area contributed by atoms with E-state index in [4.69, 9.17) is 0 Å². The van der Waals surface area contributed by atoms with Gasteiger partial charge in [-0.2, -0.15) is 0 Å². The molecule has 1 aliphatic rings. The molecule has 15 heavy (non-hydrogen) atoms. The molecule has 2 aromatic heterocycles. The summed E-state index contributed by atoms with van der Waals surface area (Å²) in [5.74, 6) is 0.771. The van der Waals surface area contributed by atoms with E-state index < -0.39 is 0 Å². The van der Waals surface area contributed by atoms with Crippen molar-refractivity contribution < 1.29 is 0 Å². The Bertz CT molecular complexity index is 446. The Morgan fingerprint density at radius 1 is 1.27 bits per heavy atom. The highest BCUT2D eigenvalue weighted by atomic mass is 32.1. The predicted molar refractivity (Wildman–Crippen MR) is 61.1 cm³/mol. The molecule has 1 aliphatic carbocycles. The maximum Gasteiger partial charge on any atom is 0.0972 e. The Morgan fingerprint density at radius 3 is 2.80 bits per heavy atom. The van der Waals surface area contributed by atoms with Gasteiger partial charge in [-0.1, -0.05) is 0 Å². The average molecular weight is 216 g/mol. The summed E-state index contributed by atoms with van der Waals surface area (Å²) < 4.78 is 0. The largest absolute Gasteiger partial charge is 0.265 e. The molecule has 3 heteroatoms. The highest BCUT2D eigenvalue weighted by Crippen LogP contribution is 2.40. The third-order valence-electron chi connectivity index (χ3n) is 2.67. The van der Waals surface area contributed by atoms with Crippen molar-refractivity contribution in [2.45, 2.75) is 25.2 Å². The summed E-state index contributed by atoms with van der Waals surface area (Å²) in [5, 5.41) is 3.44. The fourth-order valence-corrected chi connectivity index (χ4v) is 2.56. The Balaban J connectivity index is 1.76. The van der Waals surface area contributed by atoms with E-state index >= 15 is 0 Å². The number of aromatic nitrogens is 2. The summed E-state index contributed by atoms with van der Waals surface area (Å²) in [7, 11) is 0. The van der Waals surface area contributed by atoms with Gasteiger partial charge in [-0.3, -0.25) is 4.98 Å². The van der Waals surface area contributed by atoms with E-state index in [-0.39, 0.29) is 0 Å². The first-order chi connectivity index (χ1) is 7.42. The molecule has 76 valence electrons. The van der Waals surface area contributed by atoms with Crippen molar-refractivity contribution >= 4 is 11.3 Å². The SMILES string of the molecule is c1cc(Cc2nc(C3CC3)cs2)ccn1. The summed E-state index contributed by atoms with van der Waals surface area (Å²) in [6.07, 6.45) is 7.28.